The smallest absolute Gasteiger partial charge is 0.330 e. The summed E-state index contributed by atoms with van der Waals surface area (Å²) in [6.45, 7) is 2.73. The van der Waals surface area contributed by atoms with E-state index in [1.54, 1.807) is 24.3 Å². The van der Waals surface area contributed by atoms with Gasteiger partial charge in [0, 0.05) is 6.08 Å². The van der Waals surface area contributed by atoms with Crippen LogP contribution in [0.2, 0.25) is 0 Å². The summed E-state index contributed by atoms with van der Waals surface area (Å²) in [5.41, 5.74) is 0.732. The Kier molecular flexibility index (Phi) is 9.03. The van der Waals surface area contributed by atoms with Crippen LogP contribution < -0.4 is 0 Å². The van der Waals surface area contributed by atoms with Crippen LogP contribution >= 0.6 is 0 Å². The van der Waals surface area contributed by atoms with E-state index in [2.05, 4.69) is 11.3 Å². The zero-order chi connectivity index (χ0) is 17.9. The molecule has 10 heteroatoms. The second-order valence-electron chi connectivity index (χ2n) is 3.89. The molecule has 1 aromatic carbocycles. The predicted molar refractivity (Wildman–Crippen MR) is 84.6 cm³/mol. The maximum absolute atomic E-state index is 10.3. The Bertz CT molecular complexity index is 733. The Morgan fingerprint density at radius 3 is 2.13 bits per heavy atom. The molecule has 0 heterocycles. The molecule has 0 aliphatic rings. The number of carbonyl (C=O) groups excluding carboxylic acids is 1. The Hall–Kier alpha value is -2.01. The molecule has 0 aliphatic heterocycles. The molecule has 2 N–H and O–H groups in total. The lowest BCUT2D eigenvalue weighted by molar-refractivity contribution is -0.137. The van der Waals surface area contributed by atoms with Crippen molar-refractivity contribution in [1.29, 1.82) is 0 Å². The zero-order valence-electron chi connectivity index (χ0n) is 11.9. The zero-order valence-corrected chi connectivity index (χ0v) is 13.5. The second-order valence-corrected chi connectivity index (χ2v) is 6.76. The minimum absolute atomic E-state index is 0.357. The Labute approximate surface area is 134 Å². The van der Waals surface area contributed by atoms with Gasteiger partial charge in [0.2, 0.25) is 0 Å². The lowest BCUT2D eigenvalue weighted by Crippen LogP contribution is -2.13. The van der Waals surface area contributed by atoms with E-state index < -0.39 is 32.0 Å². The van der Waals surface area contributed by atoms with E-state index in [4.69, 9.17) is 9.11 Å². The minimum atomic E-state index is -4.04. The van der Waals surface area contributed by atoms with Crippen LogP contribution in [0, 0.1) is 0 Å². The van der Waals surface area contributed by atoms with Crippen LogP contribution in [-0.4, -0.2) is 44.3 Å². The van der Waals surface area contributed by atoms with E-state index >= 15 is 0 Å². The van der Waals surface area contributed by atoms with Crippen LogP contribution in [0.15, 0.2) is 48.4 Å². The lowest BCUT2D eigenvalue weighted by Gasteiger charge is -1.97. The number of rotatable bonds is 6. The predicted octanol–water partition coefficient (Wildman–Crippen LogP) is 1.15. The molecule has 0 amide bonds. The third kappa shape index (κ3) is 14.7. The van der Waals surface area contributed by atoms with Crippen molar-refractivity contribution < 1.29 is 35.5 Å². The number of hydrogen-bond donors (Lipinski definition) is 2. The quantitative estimate of drug-likeness (QED) is 0.436. The van der Waals surface area contributed by atoms with Crippen LogP contribution in [0.3, 0.4) is 0 Å². The highest BCUT2D eigenvalue weighted by Crippen LogP contribution is 2.01. The second kappa shape index (κ2) is 9.90. The van der Waals surface area contributed by atoms with Gasteiger partial charge in [0.25, 0.3) is 20.2 Å². The molecule has 0 saturated carbocycles. The van der Waals surface area contributed by atoms with E-state index in [-0.39, 0.29) is 6.61 Å². The van der Waals surface area contributed by atoms with Gasteiger partial charge in [-0.1, -0.05) is 36.9 Å². The molecule has 8 nitrogen and oxygen atoms in total. The van der Waals surface area contributed by atoms with Crippen molar-refractivity contribution in [2.45, 2.75) is 0 Å². The molecule has 23 heavy (non-hydrogen) atoms. The largest absolute Gasteiger partial charge is 0.461 e. The number of carbonyl (C=O) groups is 1. The third-order valence-electron chi connectivity index (χ3n) is 1.98. The summed E-state index contributed by atoms with van der Waals surface area (Å²) in [6.07, 6.45) is 2.24. The number of esters is 1. The molecule has 0 radical (unpaired) electrons. The molecule has 0 fully saturated rings. The van der Waals surface area contributed by atoms with Crippen LogP contribution in [0.5, 0.6) is 0 Å². The normalized spacial score (nSPS) is 11.4. The highest BCUT2D eigenvalue weighted by atomic mass is 32.2. The van der Waals surface area contributed by atoms with Gasteiger partial charge in [-0.3, -0.25) is 9.11 Å². The van der Waals surface area contributed by atoms with Crippen LogP contribution in [0.1, 0.15) is 5.56 Å². The third-order valence-corrected chi connectivity index (χ3v) is 3.15. The maximum Gasteiger partial charge on any atom is 0.330 e. The fourth-order valence-corrected chi connectivity index (χ4v) is 1.66. The van der Waals surface area contributed by atoms with Gasteiger partial charge in [0.1, 0.15) is 12.4 Å². The molecule has 0 aromatic heterocycles. The first kappa shape index (κ1) is 21.0. The summed E-state index contributed by atoms with van der Waals surface area (Å²) in [5, 5.41) is 0.752. The standard InChI is InChI=1S/C8H8O3S.C5H8O5S/c9-12(10,11)7-6-8-4-2-1-3-5-8;1-2-5(6)10-3-4-11(7,8)9/h1-7H,(H,9,10,11);2H,1,3-4H2,(H,7,8,9). The summed E-state index contributed by atoms with van der Waals surface area (Å²) in [6, 6.07) is 8.86. The highest BCUT2D eigenvalue weighted by Gasteiger charge is 2.05. The van der Waals surface area contributed by atoms with Crippen molar-refractivity contribution in [2.75, 3.05) is 12.4 Å². The van der Waals surface area contributed by atoms with Gasteiger partial charge >= 0.3 is 5.97 Å². The summed E-state index contributed by atoms with van der Waals surface area (Å²) < 4.78 is 61.4. The van der Waals surface area contributed by atoms with Gasteiger partial charge in [0.05, 0.1) is 5.41 Å². The van der Waals surface area contributed by atoms with Crippen LogP contribution in [-0.2, 0) is 29.8 Å². The van der Waals surface area contributed by atoms with Gasteiger partial charge in [-0.05, 0) is 11.6 Å². The lowest BCUT2D eigenvalue weighted by atomic mass is 10.2. The summed E-state index contributed by atoms with van der Waals surface area (Å²) in [4.78, 5) is 10.3. The van der Waals surface area contributed by atoms with E-state index in [1.165, 1.54) is 6.08 Å². The minimum Gasteiger partial charge on any atom is -0.461 e. The molecule has 0 saturated heterocycles. The van der Waals surface area contributed by atoms with Crippen molar-refractivity contribution in [3.63, 3.8) is 0 Å². The molecule has 1 rings (SSSR count). The fraction of sp³-hybridized carbons (Fsp3) is 0.154. The molecule has 0 aliphatic carbocycles. The van der Waals surface area contributed by atoms with E-state index in [9.17, 15) is 21.6 Å². The Morgan fingerprint density at radius 2 is 1.70 bits per heavy atom. The van der Waals surface area contributed by atoms with Gasteiger partial charge in [-0.2, -0.15) is 16.8 Å². The summed E-state index contributed by atoms with van der Waals surface area (Å²) >= 11 is 0. The molecule has 0 bridgehead atoms. The topological polar surface area (TPSA) is 135 Å². The van der Waals surface area contributed by atoms with Crippen molar-refractivity contribution >= 4 is 32.3 Å². The van der Waals surface area contributed by atoms with Crippen molar-refractivity contribution in [3.8, 4) is 0 Å². The molecular weight excluding hydrogens is 348 g/mol. The molecule has 128 valence electrons. The summed E-state index contributed by atoms with van der Waals surface area (Å²) in [7, 11) is -8.04. The van der Waals surface area contributed by atoms with Crippen molar-refractivity contribution in [2.24, 2.45) is 0 Å². The van der Waals surface area contributed by atoms with E-state index in [0.717, 1.165) is 17.0 Å². The average molecular weight is 364 g/mol. The Morgan fingerprint density at radius 1 is 1.13 bits per heavy atom. The number of benzene rings is 1. The first-order chi connectivity index (χ1) is 10.5. The average Bonchev–Trinajstić information content (AvgIpc) is 2.45. The fourth-order valence-electron chi connectivity index (χ4n) is 1.04. The molecule has 0 atom stereocenters. The highest BCUT2D eigenvalue weighted by molar-refractivity contribution is 7.88. The number of ether oxygens (including phenoxy) is 1. The monoisotopic (exact) mass is 364 g/mol. The van der Waals surface area contributed by atoms with Gasteiger partial charge in [-0.15, -0.1) is 0 Å². The Balaban J connectivity index is 0.000000423. The molecule has 1 aromatic rings. The van der Waals surface area contributed by atoms with Crippen LogP contribution in [0.4, 0.5) is 0 Å². The maximum atomic E-state index is 10.3. The van der Waals surface area contributed by atoms with Crippen molar-refractivity contribution in [3.05, 3.63) is 54.0 Å². The molecule has 0 unspecified atom stereocenters. The van der Waals surface area contributed by atoms with E-state index in [0.29, 0.717) is 0 Å². The first-order valence-electron chi connectivity index (χ1n) is 5.98. The van der Waals surface area contributed by atoms with Gasteiger partial charge in [0.15, 0.2) is 0 Å². The van der Waals surface area contributed by atoms with Gasteiger partial charge < -0.3 is 4.74 Å². The van der Waals surface area contributed by atoms with E-state index in [1.807, 2.05) is 6.07 Å². The first-order valence-corrected chi connectivity index (χ1v) is 9.10. The molecular formula is C13H16O8S2. The van der Waals surface area contributed by atoms with Crippen LogP contribution in [0.25, 0.3) is 6.08 Å². The van der Waals surface area contributed by atoms with Gasteiger partial charge in [-0.25, -0.2) is 4.79 Å². The SMILES string of the molecule is C=CC(=O)OCCS(=O)(=O)O.O=S(=O)(O)C=Cc1ccccc1. The summed E-state index contributed by atoms with van der Waals surface area (Å²) in [5.74, 6) is -1.30. The van der Waals surface area contributed by atoms with Crippen molar-refractivity contribution in [1.82, 2.24) is 0 Å². The molecule has 0 spiro atoms. The number of hydrogen-bond acceptors (Lipinski definition) is 6.